The summed E-state index contributed by atoms with van der Waals surface area (Å²) >= 11 is 0. The van der Waals surface area contributed by atoms with Crippen molar-refractivity contribution in [3.05, 3.63) is 223 Å². The number of hydrogen-bond acceptors (Lipinski definition) is 2. The van der Waals surface area contributed by atoms with Crippen LogP contribution in [0.1, 0.15) is 25.0 Å². The van der Waals surface area contributed by atoms with Crippen LogP contribution in [0.2, 0.25) is 0 Å². The molecule has 1 aliphatic carbocycles. The molecular formula is C56H41N3. The summed E-state index contributed by atoms with van der Waals surface area (Å²) in [6.07, 6.45) is 0. The van der Waals surface area contributed by atoms with Gasteiger partial charge in [0.1, 0.15) is 5.69 Å². The van der Waals surface area contributed by atoms with Crippen LogP contribution in [0.5, 0.6) is 0 Å². The van der Waals surface area contributed by atoms with Gasteiger partial charge in [0, 0.05) is 44.3 Å². The van der Waals surface area contributed by atoms with Crippen molar-refractivity contribution >= 4 is 33.4 Å². The van der Waals surface area contributed by atoms with Crippen molar-refractivity contribution in [3.8, 4) is 55.9 Å². The Balaban J connectivity index is 1.24. The van der Waals surface area contributed by atoms with Gasteiger partial charge in [-0.3, -0.25) is 0 Å². The van der Waals surface area contributed by atoms with Gasteiger partial charge in [-0.2, -0.15) is 5.10 Å². The predicted molar refractivity (Wildman–Crippen MR) is 247 cm³/mol. The maximum atomic E-state index is 5.46. The average molecular weight is 756 g/mol. The van der Waals surface area contributed by atoms with Crippen LogP contribution in [0.25, 0.3) is 72.2 Å². The molecule has 0 aliphatic heterocycles. The number of fused-ring (bicyclic) bond motifs is 6. The molecule has 59 heavy (non-hydrogen) atoms. The number of aromatic nitrogens is 2. The Morgan fingerprint density at radius 1 is 0.441 bits per heavy atom. The third-order valence-corrected chi connectivity index (χ3v) is 12.2. The van der Waals surface area contributed by atoms with E-state index in [1.54, 1.807) is 0 Å². The van der Waals surface area contributed by atoms with Gasteiger partial charge in [0.2, 0.25) is 0 Å². The smallest absolute Gasteiger partial charge is 0.101 e. The minimum Gasteiger partial charge on any atom is -0.309 e. The van der Waals surface area contributed by atoms with E-state index in [1.807, 2.05) is 0 Å². The van der Waals surface area contributed by atoms with Crippen molar-refractivity contribution in [1.82, 2.24) is 9.61 Å². The zero-order chi connectivity index (χ0) is 39.5. The van der Waals surface area contributed by atoms with E-state index in [4.69, 9.17) is 5.10 Å². The average Bonchev–Trinajstić information content (AvgIpc) is 3.81. The van der Waals surface area contributed by atoms with Crippen molar-refractivity contribution in [3.63, 3.8) is 0 Å². The molecule has 3 heteroatoms. The van der Waals surface area contributed by atoms with E-state index in [0.29, 0.717) is 0 Å². The molecule has 0 bridgehead atoms. The molecule has 0 spiro atoms. The second-order valence-electron chi connectivity index (χ2n) is 16.0. The van der Waals surface area contributed by atoms with Crippen molar-refractivity contribution in [2.75, 3.05) is 4.90 Å². The monoisotopic (exact) mass is 755 g/mol. The highest BCUT2D eigenvalue weighted by molar-refractivity contribution is 6.10. The van der Waals surface area contributed by atoms with Crippen LogP contribution in [0, 0.1) is 0 Å². The molecule has 2 aromatic heterocycles. The molecule has 0 N–H and O–H groups in total. The largest absolute Gasteiger partial charge is 0.309 e. The van der Waals surface area contributed by atoms with Crippen LogP contribution in [-0.2, 0) is 5.41 Å². The lowest BCUT2D eigenvalue weighted by molar-refractivity contribution is 0.660. The third kappa shape index (κ3) is 5.61. The van der Waals surface area contributed by atoms with E-state index in [-0.39, 0.29) is 5.41 Å². The van der Waals surface area contributed by atoms with E-state index < -0.39 is 0 Å². The standard InChI is InChI=1S/C56H41N3/c1-56(2)47-30-17-15-29-46(47)53-48(56)31-19-33-50(53)58(49-32-18-16-28-44(49)38-20-7-3-8-21-38)43-34-35-45-42(36-43)37-51(39-22-9-4-10-23-39)59-55(45)52(40-24-11-5-12-25-40)54(57-59)41-26-13-6-14-27-41/h3-37H,1-2H3. The minimum absolute atomic E-state index is 0.140. The first-order valence-corrected chi connectivity index (χ1v) is 20.4. The molecule has 0 atom stereocenters. The topological polar surface area (TPSA) is 20.5 Å². The normalized spacial score (nSPS) is 12.7. The highest BCUT2D eigenvalue weighted by atomic mass is 15.2. The SMILES string of the molecule is CC1(C)c2ccccc2-c2c(N(c3ccc4c(c3)cc(-c3ccccc3)n3nc(-c5ccccc5)c(-c5ccccc5)c43)c3ccccc3-c3ccccc3)cccc21. The van der Waals surface area contributed by atoms with Gasteiger partial charge < -0.3 is 4.90 Å². The zero-order valence-corrected chi connectivity index (χ0v) is 33.0. The molecule has 0 radical (unpaired) electrons. The molecule has 2 heterocycles. The molecule has 1 aliphatic rings. The molecule has 280 valence electrons. The van der Waals surface area contributed by atoms with Crippen molar-refractivity contribution in [2.24, 2.45) is 0 Å². The Labute approximate surface area is 345 Å². The number of nitrogens with zero attached hydrogens (tertiary/aromatic N) is 3. The summed E-state index contributed by atoms with van der Waals surface area (Å²) in [6, 6.07) is 76.7. The van der Waals surface area contributed by atoms with Crippen LogP contribution < -0.4 is 4.90 Å². The Hall–Kier alpha value is -7.49. The van der Waals surface area contributed by atoms with E-state index in [2.05, 4.69) is 236 Å². The van der Waals surface area contributed by atoms with Gasteiger partial charge in [0.15, 0.2) is 0 Å². The van der Waals surface area contributed by atoms with Crippen LogP contribution >= 0.6 is 0 Å². The Morgan fingerprint density at radius 3 is 1.71 bits per heavy atom. The molecular weight excluding hydrogens is 715 g/mol. The third-order valence-electron chi connectivity index (χ3n) is 12.2. The number of anilines is 3. The first kappa shape index (κ1) is 34.7. The van der Waals surface area contributed by atoms with Crippen molar-refractivity contribution < 1.29 is 0 Å². The molecule has 0 amide bonds. The summed E-state index contributed by atoms with van der Waals surface area (Å²) < 4.78 is 2.17. The van der Waals surface area contributed by atoms with Gasteiger partial charge in [-0.1, -0.05) is 196 Å². The van der Waals surface area contributed by atoms with Crippen molar-refractivity contribution in [1.29, 1.82) is 0 Å². The van der Waals surface area contributed by atoms with Gasteiger partial charge in [0.05, 0.1) is 22.6 Å². The second-order valence-corrected chi connectivity index (χ2v) is 16.0. The number of para-hydroxylation sites is 1. The summed E-state index contributed by atoms with van der Waals surface area (Å²) in [5, 5.41) is 7.75. The molecule has 0 saturated carbocycles. The fourth-order valence-corrected chi connectivity index (χ4v) is 9.42. The molecule has 8 aromatic carbocycles. The lowest BCUT2D eigenvalue weighted by Crippen LogP contribution is -2.16. The van der Waals surface area contributed by atoms with Crippen LogP contribution in [0.3, 0.4) is 0 Å². The summed E-state index contributed by atoms with van der Waals surface area (Å²) in [5.41, 5.74) is 18.4. The van der Waals surface area contributed by atoms with Crippen LogP contribution in [-0.4, -0.2) is 9.61 Å². The molecule has 0 saturated heterocycles. The maximum absolute atomic E-state index is 5.46. The first-order valence-electron chi connectivity index (χ1n) is 20.4. The van der Waals surface area contributed by atoms with E-state index in [0.717, 1.165) is 67.0 Å². The van der Waals surface area contributed by atoms with Crippen molar-refractivity contribution in [2.45, 2.75) is 19.3 Å². The van der Waals surface area contributed by atoms with Gasteiger partial charge in [-0.05, 0) is 63.5 Å². The van der Waals surface area contributed by atoms with E-state index in [1.165, 1.54) is 33.4 Å². The number of rotatable bonds is 7. The fraction of sp³-hybridized carbons (Fsp3) is 0.0536. The molecule has 10 aromatic rings. The first-order chi connectivity index (χ1) is 29.1. The highest BCUT2D eigenvalue weighted by Crippen LogP contribution is 2.55. The number of pyridine rings is 1. The van der Waals surface area contributed by atoms with E-state index in [9.17, 15) is 0 Å². The summed E-state index contributed by atoms with van der Waals surface area (Å²) in [4.78, 5) is 2.50. The van der Waals surface area contributed by atoms with Gasteiger partial charge in [-0.15, -0.1) is 0 Å². The second kappa shape index (κ2) is 13.9. The summed E-state index contributed by atoms with van der Waals surface area (Å²) in [5.74, 6) is 0. The molecule has 0 fully saturated rings. The predicted octanol–water partition coefficient (Wildman–Crippen LogP) is 14.9. The highest BCUT2D eigenvalue weighted by Gasteiger charge is 2.38. The minimum atomic E-state index is -0.140. The van der Waals surface area contributed by atoms with Crippen LogP contribution in [0.4, 0.5) is 17.1 Å². The fourth-order valence-electron chi connectivity index (χ4n) is 9.42. The summed E-state index contributed by atoms with van der Waals surface area (Å²) in [7, 11) is 0. The van der Waals surface area contributed by atoms with Gasteiger partial charge in [0.25, 0.3) is 0 Å². The molecule has 0 unspecified atom stereocenters. The summed E-state index contributed by atoms with van der Waals surface area (Å²) in [6.45, 7) is 4.71. The zero-order valence-electron chi connectivity index (χ0n) is 33.0. The van der Waals surface area contributed by atoms with Gasteiger partial charge in [-0.25, -0.2) is 4.52 Å². The number of benzene rings is 8. The maximum Gasteiger partial charge on any atom is 0.101 e. The quantitative estimate of drug-likeness (QED) is 0.161. The molecule has 3 nitrogen and oxygen atoms in total. The Bertz CT molecular complexity index is 3170. The number of hydrogen-bond donors (Lipinski definition) is 0. The van der Waals surface area contributed by atoms with Gasteiger partial charge >= 0.3 is 0 Å². The Kier molecular flexibility index (Phi) is 8.16. The van der Waals surface area contributed by atoms with E-state index >= 15 is 0 Å². The molecule has 11 rings (SSSR count). The lowest BCUT2D eigenvalue weighted by atomic mass is 9.82. The lowest BCUT2D eigenvalue weighted by Gasteiger charge is -2.31. The van der Waals surface area contributed by atoms with Crippen LogP contribution in [0.15, 0.2) is 212 Å². The Morgan fingerprint density at radius 2 is 1.00 bits per heavy atom.